The molecule has 6 nitrogen and oxygen atoms in total. The SMILES string of the molecule is N=S(N)(=O)c1cnn2c1OCCC2. The van der Waals surface area contributed by atoms with Crippen LogP contribution in [0.3, 0.4) is 0 Å². The highest BCUT2D eigenvalue weighted by molar-refractivity contribution is 7.90. The zero-order valence-corrected chi connectivity index (χ0v) is 7.71. The van der Waals surface area contributed by atoms with Gasteiger partial charge in [-0.1, -0.05) is 0 Å². The number of nitrogens with two attached hydrogens (primary N) is 1. The fourth-order valence-corrected chi connectivity index (χ4v) is 1.88. The second kappa shape index (κ2) is 2.71. The molecule has 0 radical (unpaired) electrons. The third kappa shape index (κ3) is 1.40. The van der Waals surface area contributed by atoms with E-state index in [1.807, 2.05) is 0 Å². The van der Waals surface area contributed by atoms with Crippen LogP contribution < -0.4 is 9.88 Å². The molecule has 3 N–H and O–H groups in total. The number of hydrogen-bond donors (Lipinski definition) is 2. The topological polar surface area (TPSA) is 94.0 Å². The van der Waals surface area contributed by atoms with Gasteiger partial charge in [-0.15, -0.1) is 0 Å². The minimum atomic E-state index is -3.21. The van der Waals surface area contributed by atoms with Gasteiger partial charge in [0.15, 0.2) is 0 Å². The van der Waals surface area contributed by atoms with Crippen molar-refractivity contribution in [2.24, 2.45) is 5.14 Å². The molecule has 72 valence electrons. The van der Waals surface area contributed by atoms with Gasteiger partial charge in [0.2, 0.25) is 5.88 Å². The van der Waals surface area contributed by atoms with Gasteiger partial charge in [0.05, 0.1) is 12.8 Å². The molecule has 1 atom stereocenters. The number of aryl methyl sites for hydroxylation is 1. The molecule has 0 amide bonds. The molecule has 0 aliphatic carbocycles. The molecule has 0 saturated carbocycles. The Hall–Kier alpha value is -1.08. The van der Waals surface area contributed by atoms with Crippen LogP contribution in [0.5, 0.6) is 5.88 Å². The van der Waals surface area contributed by atoms with Gasteiger partial charge in [-0.05, 0) is 0 Å². The first kappa shape index (κ1) is 8.52. The lowest BCUT2D eigenvalue weighted by molar-refractivity contribution is 0.224. The van der Waals surface area contributed by atoms with Gasteiger partial charge < -0.3 is 4.74 Å². The van der Waals surface area contributed by atoms with Gasteiger partial charge in [-0.3, -0.25) is 0 Å². The van der Waals surface area contributed by atoms with E-state index in [4.69, 9.17) is 14.7 Å². The van der Waals surface area contributed by atoms with Crippen LogP contribution in [0.1, 0.15) is 6.42 Å². The lowest BCUT2D eigenvalue weighted by atomic mass is 10.4. The third-order valence-electron chi connectivity index (χ3n) is 1.84. The summed E-state index contributed by atoms with van der Waals surface area (Å²) in [6.45, 7) is 1.29. The van der Waals surface area contributed by atoms with E-state index in [2.05, 4.69) is 5.10 Å². The smallest absolute Gasteiger partial charge is 0.230 e. The third-order valence-corrected chi connectivity index (χ3v) is 2.77. The predicted octanol–water partition coefficient (Wildman–Crippen LogP) is -0.0550. The van der Waals surface area contributed by atoms with E-state index in [0.29, 0.717) is 12.5 Å². The van der Waals surface area contributed by atoms with Gasteiger partial charge in [0.1, 0.15) is 14.8 Å². The van der Waals surface area contributed by atoms with Gasteiger partial charge in [-0.25, -0.2) is 18.8 Å². The molecular formula is C6H10N4O2S. The maximum Gasteiger partial charge on any atom is 0.230 e. The molecule has 2 heterocycles. The second-order valence-electron chi connectivity index (χ2n) is 2.84. The first-order valence-electron chi connectivity index (χ1n) is 3.84. The summed E-state index contributed by atoms with van der Waals surface area (Å²) in [5.41, 5.74) is 0. The fourth-order valence-electron chi connectivity index (χ4n) is 1.25. The van der Waals surface area contributed by atoms with Crippen LogP contribution >= 0.6 is 0 Å². The molecule has 1 unspecified atom stereocenters. The van der Waals surface area contributed by atoms with Gasteiger partial charge in [-0.2, -0.15) is 5.10 Å². The van der Waals surface area contributed by atoms with E-state index in [-0.39, 0.29) is 4.90 Å². The molecule has 2 rings (SSSR count). The summed E-state index contributed by atoms with van der Waals surface area (Å²) in [6, 6.07) is 0. The number of nitrogens with one attached hydrogen (secondary N) is 1. The summed E-state index contributed by atoms with van der Waals surface area (Å²) in [7, 11) is -3.21. The maximum atomic E-state index is 11.2. The Morgan fingerprint density at radius 3 is 3.23 bits per heavy atom. The van der Waals surface area contributed by atoms with Crippen LogP contribution in [0.2, 0.25) is 0 Å². The zero-order chi connectivity index (χ0) is 9.47. The molecule has 0 bridgehead atoms. The highest BCUT2D eigenvalue weighted by Crippen LogP contribution is 2.25. The lowest BCUT2D eigenvalue weighted by Crippen LogP contribution is -2.17. The molecule has 1 aliphatic rings. The Bertz CT molecular complexity index is 422. The van der Waals surface area contributed by atoms with Crippen LogP contribution in [-0.2, 0) is 16.5 Å². The van der Waals surface area contributed by atoms with Crippen molar-refractivity contribution in [3.63, 3.8) is 0 Å². The second-order valence-corrected chi connectivity index (χ2v) is 4.48. The Morgan fingerprint density at radius 2 is 2.54 bits per heavy atom. The fraction of sp³-hybridized carbons (Fsp3) is 0.500. The van der Waals surface area contributed by atoms with Gasteiger partial charge >= 0.3 is 0 Å². The first-order chi connectivity index (χ1) is 6.09. The van der Waals surface area contributed by atoms with E-state index in [0.717, 1.165) is 13.0 Å². The largest absolute Gasteiger partial charge is 0.477 e. The van der Waals surface area contributed by atoms with E-state index in [1.54, 1.807) is 4.68 Å². The summed E-state index contributed by atoms with van der Waals surface area (Å²) in [4.78, 5) is 0.187. The predicted molar refractivity (Wildman–Crippen MR) is 45.7 cm³/mol. The normalized spacial score (nSPS) is 20.1. The Balaban J connectivity index is 2.55. The number of aromatic nitrogens is 2. The average molecular weight is 202 g/mol. The number of rotatable bonds is 1. The van der Waals surface area contributed by atoms with Crippen molar-refractivity contribution in [1.29, 1.82) is 4.78 Å². The van der Waals surface area contributed by atoms with Crippen molar-refractivity contribution in [1.82, 2.24) is 9.78 Å². The summed E-state index contributed by atoms with van der Waals surface area (Å²) in [6.07, 6.45) is 2.22. The first-order valence-corrected chi connectivity index (χ1v) is 5.46. The van der Waals surface area contributed by atoms with Crippen molar-refractivity contribution < 1.29 is 8.95 Å². The summed E-state index contributed by atoms with van der Waals surface area (Å²) < 4.78 is 25.3. The number of nitrogens with zero attached hydrogens (tertiary/aromatic N) is 2. The minimum absolute atomic E-state index is 0.187. The van der Waals surface area contributed by atoms with Crippen molar-refractivity contribution >= 4 is 9.92 Å². The standard InChI is InChI=1S/C6H10N4O2S/c7-13(8,11)5-4-9-10-2-1-3-12-6(5)10/h4H,1-3H2,(H3,7,8,11). The molecule has 0 fully saturated rings. The van der Waals surface area contributed by atoms with Crippen molar-refractivity contribution in [3.8, 4) is 5.88 Å². The van der Waals surface area contributed by atoms with E-state index >= 15 is 0 Å². The molecule has 0 aromatic carbocycles. The summed E-state index contributed by atoms with van der Waals surface area (Å²) >= 11 is 0. The molecule has 1 aromatic rings. The lowest BCUT2D eigenvalue weighted by Gasteiger charge is -2.15. The number of ether oxygens (including phenoxy) is 1. The molecule has 7 heteroatoms. The average Bonchev–Trinajstić information content (AvgIpc) is 2.45. The quantitative estimate of drug-likeness (QED) is 0.668. The molecular weight excluding hydrogens is 192 g/mol. The van der Waals surface area contributed by atoms with E-state index < -0.39 is 9.92 Å². The Kier molecular flexibility index (Phi) is 1.77. The van der Waals surface area contributed by atoms with Crippen LogP contribution in [-0.4, -0.2) is 20.6 Å². The van der Waals surface area contributed by atoms with Crippen LogP contribution in [0.25, 0.3) is 0 Å². The molecule has 0 saturated heterocycles. The number of hydrogen-bond acceptors (Lipinski definition) is 4. The van der Waals surface area contributed by atoms with Crippen LogP contribution in [0.15, 0.2) is 11.1 Å². The van der Waals surface area contributed by atoms with E-state index in [1.165, 1.54) is 6.20 Å². The molecule has 1 aliphatic heterocycles. The monoisotopic (exact) mass is 202 g/mol. The van der Waals surface area contributed by atoms with Gasteiger partial charge in [0, 0.05) is 13.0 Å². The molecule has 13 heavy (non-hydrogen) atoms. The van der Waals surface area contributed by atoms with E-state index in [9.17, 15) is 4.21 Å². The number of fused-ring (bicyclic) bond motifs is 1. The van der Waals surface area contributed by atoms with Crippen molar-refractivity contribution in [2.45, 2.75) is 17.9 Å². The van der Waals surface area contributed by atoms with Crippen LogP contribution in [0, 0.1) is 4.78 Å². The summed E-state index contributed by atoms with van der Waals surface area (Å²) in [5.74, 6) is 0.383. The molecule has 1 aromatic heterocycles. The summed E-state index contributed by atoms with van der Waals surface area (Å²) in [5, 5.41) is 9.12. The van der Waals surface area contributed by atoms with Crippen LogP contribution in [0.4, 0.5) is 0 Å². The Labute approximate surface area is 75.8 Å². The minimum Gasteiger partial charge on any atom is -0.477 e. The maximum absolute atomic E-state index is 11.2. The Morgan fingerprint density at radius 1 is 1.77 bits per heavy atom. The zero-order valence-electron chi connectivity index (χ0n) is 6.90. The van der Waals surface area contributed by atoms with Crippen molar-refractivity contribution in [3.05, 3.63) is 6.20 Å². The highest BCUT2D eigenvalue weighted by atomic mass is 32.2. The van der Waals surface area contributed by atoms with Gasteiger partial charge in [0.25, 0.3) is 0 Å². The highest BCUT2D eigenvalue weighted by Gasteiger charge is 2.21. The molecule has 0 spiro atoms. The van der Waals surface area contributed by atoms with Crippen molar-refractivity contribution in [2.75, 3.05) is 6.61 Å².